The molecule has 0 spiro atoms. The number of ether oxygens (including phenoxy) is 2. The summed E-state index contributed by atoms with van der Waals surface area (Å²) < 4.78 is 11.3. The maximum absolute atomic E-state index is 13.4. The molecule has 4 atom stereocenters. The number of carbonyl (C=O) groups excluding carboxylic acids is 1. The van der Waals surface area contributed by atoms with E-state index in [0.717, 1.165) is 16.9 Å². The number of rotatable bonds is 2. The molecular formula is C19H25NO4S. The molecule has 3 aliphatic rings. The molecule has 0 saturated carbocycles. The van der Waals surface area contributed by atoms with Gasteiger partial charge in [0, 0.05) is 49.0 Å². The molecule has 3 heterocycles. The smallest absolute Gasteiger partial charge is 0.255 e. The Morgan fingerprint density at radius 3 is 2.92 bits per heavy atom. The molecule has 0 radical (unpaired) electrons. The lowest BCUT2D eigenvalue weighted by atomic mass is 9.66. The maximum atomic E-state index is 13.4. The molecule has 0 aliphatic carbocycles. The van der Waals surface area contributed by atoms with Gasteiger partial charge in [-0.25, -0.2) is 0 Å². The first-order valence-electron chi connectivity index (χ1n) is 8.97. The highest BCUT2D eigenvalue weighted by atomic mass is 32.2. The summed E-state index contributed by atoms with van der Waals surface area (Å²) in [6.07, 6.45) is 3.41. The zero-order valence-electron chi connectivity index (χ0n) is 14.5. The lowest BCUT2D eigenvalue weighted by Crippen LogP contribution is -2.68. The van der Waals surface area contributed by atoms with Gasteiger partial charge in [-0.3, -0.25) is 4.79 Å². The van der Waals surface area contributed by atoms with E-state index in [-0.39, 0.29) is 23.8 Å². The first-order chi connectivity index (χ1) is 12.1. The van der Waals surface area contributed by atoms with Crippen molar-refractivity contribution in [3.05, 3.63) is 29.8 Å². The van der Waals surface area contributed by atoms with Crippen molar-refractivity contribution in [3.8, 4) is 0 Å². The standard InChI is InChI=1S/C19H25NO4S/c1-25-17-5-3-2-4-14(17)18(21)20-10-13-11-24-9-7-19(13,22)15-12-23-8-6-16(15)20/h2-5,13,15-16,22H,6-12H2,1H3/t13-,15+,16-,19-/m1/s1. The van der Waals surface area contributed by atoms with E-state index in [2.05, 4.69) is 0 Å². The molecule has 136 valence electrons. The molecular weight excluding hydrogens is 338 g/mol. The Hall–Kier alpha value is -1.08. The van der Waals surface area contributed by atoms with Crippen LogP contribution in [0.15, 0.2) is 29.2 Å². The zero-order chi connectivity index (χ0) is 17.4. The van der Waals surface area contributed by atoms with Gasteiger partial charge in [-0.15, -0.1) is 11.8 Å². The van der Waals surface area contributed by atoms with E-state index in [9.17, 15) is 9.90 Å². The van der Waals surface area contributed by atoms with Gasteiger partial charge in [-0.1, -0.05) is 12.1 Å². The van der Waals surface area contributed by atoms with Gasteiger partial charge in [0.05, 0.1) is 24.4 Å². The Morgan fingerprint density at radius 2 is 2.08 bits per heavy atom. The Kier molecular flexibility index (Phi) is 4.79. The predicted molar refractivity (Wildman–Crippen MR) is 95.8 cm³/mol. The molecule has 1 N–H and O–H groups in total. The van der Waals surface area contributed by atoms with Gasteiger partial charge < -0.3 is 19.5 Å². The molecule has 5 nitrogen and oxygen atoms in total. The first-order valence-corrected chi connectivity index (χ1v) is 10.2. The minimum absolute atomic E-state index is 0.0331. The largest absolute Gasteiger partial charge is 0.389 e. The highest BCUT2D eigenvalue weighted by molar-refractivity contribution is 7.98. The normalized spacial score (nSPS) is 35.0. The summed E-state index contributed by atoms with van der Waals surface area (Å²) in [5.74, 6) is -0.0154. The summed E-state index contributed by atoms with van der Waals surface area (Å²) in [6.45, 7) is 2.81. The van der Waals surface area contributed by atoms with Crippen LogP contribution in [-0.2, 0) is 9.47 Å². The number of piperidine rings is 1. The summed E-state index contributed by atoms with van der Waals surface area (Å²) in [7, 11) is 0. The number of nitrogens with zero attached hydrogens (tertiary/aromatic N) is 1. The second-order valence-corrected chi connectivity index (χ2v) is 8.06. The third-order valence-corrected chi connectivity index (χ3v) is 6.85. The topological polar surface area (TPSA) is 59.0 Å². The summed E-state index contributed by atoms with van der Waals surface area (Å²) in [4.78, 5) is 16.3. The SMILES string of the molecule is CSc1ccccc1C(=O)N1C[C@@H]2COCC[C@]2(O)[C@H]2COCC[C@H]21. The molecule has 1 amide bonds. The van der Waals surface area contributed by atoms with E-state index in [0.29, 0.717) is 39.4 Å². The van der Waals surface area contributed by atoms with Gasteiger partial charge in [-0.05, 0) is 24.8 Å². The number of carbonyl (C=O) groups is 1. The number of hydrogen-bond donors (Lipinski definition) is 1. The number of fused-ring (bicyclic) bond motifs is 3. The van der Waals surface area contributed by atoms with Gasteiger partial charge >= 0.3 is 0 Å². The average molecular weight is 363 g/mol. The van der Waals surface area contributed by atoms with Crippen LogP contribution in [0.4, 0.5) is 0 Å². The number of aliphatic hydroxyl groups is 1. The molecule has 1 aromatic carbocycles. The minimum atomic E-state index is -0.779. The van der Waals surface area contributed by atoms with E-state index < -0.39 is 5.60 Å². The van der Waals surface area contributed by atoms with E-state index in [1.54, 1.807) is 11.8 Å². The number of amides is 1. The molecule has 25 heavy (non-hydrogen) atoms. The molecule has 0 aromatic heterocycles. The average Bonchev–Trinajstić information content (AvgIpc) is 2.67. The van der Waals surface area contributed by atoms with Crippen molar-refractivity contribution in [3.63, 3.8) is 0 Å². The highest BCUT2D eigenvalue weighted by Crippen LogP contribution is 2.44. The minimum Gasteiger partial charge on any atom is -0.389 e. The molecule has 4 rings (SSSR count). The Labute approximate surface area is 152 Å². The second kappa shape index (κ2) is 6.91. The second-order valence-electron chi connectivity index (χ2n) is 7.21. The number of hydrogen-bond acceptors (Lipinski definition) is 5. The molecule has 3 fully saturated rings. The van der Waals surface area contributed by atoms with E-state index in [4.69, 9.17) is 9.47 Å². The maximum Gasteiger partial charge on any atom is 0.255 e. The lowest BCUT2D eigenvalue weighted by molar-refractivity contribution is -0.212. The van der Waals surface area contributed by atoms with Crippen LogP contribution < -0.4 is 0 Å². The zero-order valence-corrected chi connectivity index (χ0v) is 15.3. The monoisotopic (exact) mass is 363 g/mol. The molecule has 0 bridgehead atoms. The fourth-order valence-electron chi connectivity index (χ4n) is 4.67. The van der Waals surface area contributed by atoms with Gasteiger partial charge in [0.15, 0.2) is 0 Å². The Balaban J connectivity index is 1.68. The fraction of sp³-hybridized carbons (Fsp3) is 0.632. The number of likely N-dealkylation sites (tertiary alicyclic amines) is 1. The number of thioether (sulfide) groups is 1. The van der Waals surface area contributed by atoms with Crippen LogP contribution in [0, 0.1) is 11.8 Å². The first kappa shape index (κ1) is 17.3. The molecule has 1 aromatic rings. The third kappa shape index (κ3) is 2.89. The molecule has 3 aliphatic heterocycles. The van der Waals surface area contributed by atoms with Crippen molar-refractivity contribution < 1.29 is 19.4 Å². The molecule has 6 heteroatoms. The van der Waals surface area contributed by atoms with Crippen LogP contribution in [0.1, 0.15) is 23.2 Å². The fourth-order valence-corrected chi connectivity index (χ4v) is 5.26. The summed E-state index contributed by atoms with van der Waals surface area (Å²) >= 11 is 1.59. The Morgan fingerprint density at radius 1 is 1.28 bits per heavy atom. The van der Waals surface area contributed by atoms with E-state index >= 15 is 0 Å². The van der Waals surface area contributed by atoms with Crippen molar-refractivity contribution in [1.29, 1.82) is 0 Å². The highest BCUT2D eigenvalue weighted by Gasteiger charge is 2.56. The van der Waals surface area contributed by atoms with Crippen molar-refractivity contribution in [2.75, 3.05) is 39.2 Å². The molecule has 3 saturated heterocycles. The van der Waals surface area contributed by atoms with E-state index in [1.165, 1.54) is 0 Å². The van der Waals surface area contributed by atoms with Crippen molar-refractivity contribution >= 4 is 17.7 Å². The van der Waals surface area contributed by atoms with Crippen LogP contribution >= 0.6 is 11.8 Å². The van der Waals surface area contributed by atoms with Crippen molar-refractivity contribution in [1.82, 2.24) is 4.90 Å². The third-order valence-electron chi connectivity index (χ3n) is 6.05. The van der Waals surface area contributed by atoms with Gasteiger partial charge in [0.25, 0.3) is 5.91 Å². The summed E-state index contributed by atoms with van der Waals surface area (Å²) in [6, 6.07) is 7.81. The van der Waals surface area contributed by atoms with Crippen LogP contribution in [0.3, 0.4) is 0 Å². The number of benzene rings is 1. The van der Waals surface area contributed by atoms with Gasteiger partial charge in [0.1, 0.15) is 0 Å². The van der Waals surface area contributed by atoms with Crippen LogP contribution in [-0.4, -0.2) is 66.8 Å². The predicted octanol–water partition coefficient (Wildman–Crippen LogP) is 2.04. The molecule has 0 unspecified atom stereocenters. The summed E-state index contributed by atoms with van der Waals surface area (Å²) in [5.41, 5.74) is -0.0264. The summed E-state index contributed by atoms with van der Waals surface area (Å²) in [5, 5.41) is 11.4. The van der Waals surface area contributed by atoms with Crippen LogP contribution in [0.5, 0.6) is 0 Å². The van der Waals surface area contributed by atoms with Crippen molar-refractivity contribution in [2.45, 2.75) is 29.4 Å². The van der Waals surface area contributed by atoms with Crippen LogP contribution in [0.25, 0.3) is 0 Å². The lowest BCUT2D eigenvalue weighted by Gasteiger charge is -2.57. The van der Waals surface area contributed by atoms with Gasteiger partial charge in [-0.2, -0.15) is 0 Å². The van der Waals surface area contributed by atoms with Crippen LogP contribution in [0.2, 0.25) is 0 Å². The van der Waals surface area contributed by atoms with E-state index in [1.807, 2.05) is 35.4 Å². The van der Waals surface area contributed by atoms with Gasteiger partial charge in [0.2, 0.25) is 0 Å². The quantitative estimate of drug-likeness (QED) is 0.815. The Bertz CT molecular complexity index is 654. The van der Waals surface area contributed by atoms with Crippen molar-refractivity contribution in [2.24, 2.45) is 11.8 Å².